The average Bonchev–Trinajstić information content (AvgIpc) is 3.28. The number of carbonyl (C=O) groups is 1. The molecule has 164 valence electrons. The average molecular weight is 455 g/mol. The van der Waals surface area contributed by atoms with E-state index in [1.807, 2.05) is 78.9 Å². The first-order chi connectivity index (χ1) is 16.1. The molecule has 0 radical (unpaired) electrons. The number of halogens is 1. The van der Waals surface area contributed by atoms with Crippen LogP contribution in [0.15, 0.2) is 84.9 Å². The maximum Gasteiger partial charge on any atom is 0.220 e. The van der Waals surface area contributed by atoms with Crippen molar-refractivity contribution < 1.29 is 9.53 Å². The lowest BCUT2D eigenvalue weighted by molar-refractivity contribution is -0.119. The Morgan fingerprint density at radius 2 is 1.79 bits per heavy atom. The van der Waals surface area contributed by atoms with E-state index in [1.165, 1.54) is 0 Å². The van der Waals surface area contributed by atoms with Crippen molar-refractivity contribution in [3.63, 3.8) is 0 Å². The van der Waals surface area contributed by atoms with Gasteiger partial charge in [-0.25, -0.2) is 4.98 Å². The van der Waals surface area contributed by atoms with E-state index in [4.69, 9.17) is 16.3 Å². The number of fused-ring (bicyclic) bond motifs is 1. The molecule has 1 aliphatic rings. The molecule has 1 aromatic heterocycles. The number of ether oxygens (including phenoxy) is 1. The Labute approximate surface area is 197 Å². The number of benzene rings is 3. The Morgan fingerprint density at radius 1 is 1.00 bits per heavy atom. The summed E-state index contributed by atoms with van der Waals surface area (Å²) in [4.78, 5) is 16.5. The predicted molar refractivity (Wildman–Crippen MR) is 133 cm³/mol. The zero-order valence-corrected chi connectivity index (χ0v) is 18.8. The number of nitrogens with one attached hydrogen (secondary N) is 1. The quantitative estimate of drug-likeness (QED) is 0.356. The van der Waals surface area contributed by atoms with Crippen LogP contribution in [0.1, 0.15) is 23.2 Å². The van der Waals surface area contributed by atoms with Gasteiger partial charge in [0.1, 0.15) is 12.4 Å². The molecule has 0 saturated carbocycles. The second-order valence-corrected chi connectivity index (χ2v) is 8.60. The molecule has 33 heavy (non-hydrogen) atoms. The molecule has 1 amide bonds. The monoisotopic (exact) mass is 454 g/mol. The standard InChI is InChI=1S/C28H23ClN2O2/c29-23-10-5-19(6-11-23)15-26(22-16-28(32)30-17-22)20-8-13-25(14-9-20)33-18-24-12-7-21-3-1-2-4-27(21)31-24/h1-15,22H,16-18H2,(H,30,32). The van der Waals surface area contributed by atoms with Gasteiger partial charge in [0, 0.05) is 29.3 Å². The Kier molecular flexibility index (Phi) is 6.09. The van der Waals surface area contributed by atoms with Crippen LogP contribution in [0.25, 0.3) is 22.6 Å². The summed E-state index contributed by atoms with van der Waals surface area (Å²) in [6.07, 6.45) is 2.63. The van der Waals surface area contributed by atoms with Crippen molar-refractivity contribution in [1.82, 2.24) is 10.3 Å². The van der Waals surface area contributed by atoms with Crippen molar-refractivity contribution in [1.29, 1.82) is 0 Å². The Bertz CT molecular complexity index is 1310. The van der Waals surface area contributed by atoms with Gasteiger partial charge in [0.2, 0.25) is 5.91 Å². The Hall–Kier alpha value is -3.63. The van der Waals surface area contributed by atoms with Gasteiger partial charge in [-0.15, -0.1) is 0 Å². The topological polar surface area (TPSA) is 51.2 Å². The number of carbonyl (C=O) groups excluding carboxylic acids is 1. The van der Waals surface area contributed by atoms with Crippen molar-refractivity contribution in [2.45, 2.75) is 13.0 Å². The molecule has 4 aromatic rings. The molecule has 1 saturated heterocycles. The van der Waals surface area contributed by atoms with Crippen LogP contribution < -0.4 is 10.1 Å². The highest BCUT2D eigenvalue weighted by Gasteiger charge is 2.25. The highest BCUT2D eigenvalue weighted by molar-refractivity contribution is 6.30. The smallest absolute Gasteiger partial charge is 0.220 e. The van der Waals surface area contributed by atoms with E-state index in [2.05, 4.69) is 22.4 Å². The van der Waals surface area contributed by atoms with Crippen LogP contribution in [0.3, 0.4) is 0 Å². The fraction of sp³-hybridized carbons (Fsp3) is 0.143. The van der Waals surface area contributed by atoms with Gasteiger partial charge in [-0.05, 0) is 53.1 Å². The Balaban J connectivity index is 1.34. The number of hydrogen-bond acceptors (Lipinski definition) is 3. The van der Waals surface area contributed by atoms with Gasteiger partial charge in [-0.2, -0.15) is 0 Å². The number of aromatic nitrogens is 1. The SMILES string of the molecule is O=C1CC(C(=Cc2ccc(Cl)cc2)c2ccc(OCc3ccc4ccccc4n3)cc2)CN1. The number of rotatable bonds is 6. The van der Waals surface area contributed by atoms with E-state index in [1.54, 1.807) is 0 Å². The van der Waals surface area contributed by atoms with Gasteiger partial charge in [-0.1, -0.05) is 66.2 Å². The van der Waals surface area contributed by atoms with Crippen LogP contribution in [0.2, 0.25) is 5.02 Å². The lowest BCUT2D eigenvalue weighted by Crippen LogP contribution is -2.14. The fourth-order valence-corrected chi connectivity index (χ4v) is 4.22. The molecule has 1 aliphatic heterocycles. The molecule has 1 fully saturated rings. The van der Waals surface area contributed by atoms with Crippen molar-refractivity contribution >= 4 is 40.1 Å². The molecule has 0 aliphatic carbocycles. The highest BCUT2D eigenvalue weighted by atomic mass is 35.5. The number of amides is 1. The largest absolute Gasteiger partial charge is 0.487 e. The van der Waals surface area contributed by atoms with Gasteiger partial charge >= 0.3 is 0 Å². The van der Waals surface area contributed by atoms with Crippen molar-refractivity contribution in [3.05, 3.63) is 107 Å². The molecular formula is C28H23ClN2O2. The lowest BCUT2D eigenvalue weighted by atomic mass is 9.90. The summed E-state index contributed by atoms with van der Waals surface area (Å²) in [5.41, 5.74) is 5.10. The summed E-state index contributed by atoms with van der Waals surface area (Å²) in [6, 6.07) is 27.9. The maximum atomic E-state index is 11.9. The van der Waals surface area contributed by atoms with Gasteiger partial charge in [0.25, 0.3) is 0 Å². The number of nitrogens with zero attached hydrogens (tertiary/aromatic N) is 1. The second kappa shape index (κ2) is 9.47. The summed E-state index contributed by atoms with van der Waals surface area (Å²) in [7, 11) is 0. The molecule has 4 nitrogen and oxygen atoms in total. The van der Waals surface area contributed by atoms with Crippen molar-refractivity contribution in [2.24, 2.45) is 5.92 Å². The number of pyridine rings is 1. The first-order valence-electron chi connectivity index (χ1n) is 11.0. The maximum absolute atomic E-state index is 11.9. The van der Waals surface area contributed by atoms with Crippen LogP contribution in [-0.2, 0) is 11.4 Å². The molecule has 1 atom stereocenters. The van der Waals surface area contributed by atoms with Crippen LogP contribution in [0.4, 0.5) is 0 Å². The molecule has 1 N–H and O–H groups in total. The van der Waals surface area contributed by atoms with Crippen LogP contribution in [0, 0.1) is 5.92 Å². The molecule has 5 rings (SSSR count). The van der Waals surface area contributed by atoms with Crippen LogP contribution >= 0.6 is 11.6 Å². The van der Waals surface area contributed by atoms with Gasteiger partial charge < -0.3 is 10.1 Å². The van der Waals surface area contributed by atoms with E-state index in [0.29, 0.717) is 24.6 Å². The summed E-state index contributed by atoms with van der Waals surface area (Å²) >= 11 is 6.04. The molecular weight excluding hydrogens is 432 g/mol. The molecule has 2 heterocycles. The third-order valence-corrected chi connectivity index (χ3v) is 6.09. The molecule has 3 aromatic carbocycles. The van der Waals surface area contributed by atoms with Crippen molar-refractivity contribution in [2.75, 3.05) is 6.54 Å². The summed E-state index contributed by atoms with van der Waals surface area (Å²) in [5.74, 6) is 0.992. The molecule has 1 unspecified atom stereocenters. The number of hydrogen-bond donors (Lipinski definition) is 1. The second-order valence-electron chi connectivity index (χ2n) is 8.16. The number of para-hydroxylation sites is 1. The van der Waals surface area contributed by atoms with Crippen molar-refractivity contribution in [3.8, 4) is 5.75 Å². The summed E-state index contributed by atoms with van der Waals surface area (Å²) < 4.78 is 5.99. The third-order valence-electron chi connectivity index (χ3n) is 5.84. The molecule has 5 heteroatoms. The van der Waals surface area contributed by atoms with Gasteiger partial charge in [0.05, 0.1) is 11.2 Å². The minimum atomic E-state index is 0.0878. The highest BCUT2D eigenvalue weighted by Crippen LogP contribution is 2.32. The lowest BCUT2D eigenvalue weighted by Gasteiger charge is -2.15. The zero-order chi connectivity index (χ0) is 22.6. The molecule has 0 bridgehead atoms. The first kappa shape index (κ1) is 21.2. The van der Waals surface area contributed by atoms with Crippen LogP contribution in [-0.4, -0.2) is 17.4 Å². The minimum Gasteiger partial charge on any atom is -0.487 e. The van der Waals surface area contributed by atoms with E-state index < -0.39 is 0 Å². The normalized spacial score (nSPS) is 16.1. The van der Waals surface area contributed by atoms with Gasteiger partial charge in [-0.3, -0.25) is 4.79 Å². The summed E-state index contributed by atoms with van der Waals surface area (Å²) in [5, 5.41) is 4.76. The Morgan fingerprint density at radius 3 is 2.55 bits per heavy atom. The predicted octanol–water partition coefficient (Wildman–Crippen LogP) is 6.14. The fourth-order valence-electron chi connectivity index (χ4n) is 4.09. The van der Waals surface area contributed by atoms with E-state index >= 15 is 0 Å². The van der Waals surface area contributed by atoms with E-state index in [9.17, 15) is 4.79 Å². The summed E-state index contributed by atoms with van der Waals surface area (Å²) in [6.45, 7) is 1.04. The third kappa shape index (κ3) is 5.07. The van der Waals surface area contributed by atoms with Gasteiger partial charge in [0.15, 0.2) is 0 Å². The zero-order valence-electron chi connectivity index (χ0n) is 18.0. The first-order valence-corrected chi connectivity index (χ1v) is 11.3. The molecule has 0 spiro atoms. The minimum absolute atomic E-state index is 0.0878. The van der Waals surface area contributed by atoms with E-state index in [0.717, 1.165) is 39.0 Å². The van der Waals surface area contributed by atoms with E-state index in [-0.39, 0.29) is 11.8 Å². The van der Waals surface area contributed by atoms with Crippen LogP contribution in [0.5, 0.6) is 5.75 Å².